The van der Waals surface area contributed by atoms with Crippen molar-refractivity contribution in [3.05, 3.63) is 53.8 Å². The van der Waals surface area contributed by atoms with Gasteiger partial charge in [0.25, 0.3) is 0 Å². The number of nitrogens with one attached hydrogen (secondary N) is 3. The number of carboxylic acid groups (broad SMARTS) is 1. The second-order valence-electron chi connectivity index (χ2n) is 11.8. The average molecular weight is 639 g/mol. The smallest absolute Gasteiger partial charge is 0.326 e. The Morgan fingerprint density at radius 1 is 0.750 bits per heavy atom. The Balaban J connectivity index is 0.00000234. The van der Waals surface area contributed by atoms with Crippen molar-refractivity contribution in [2.45, 2.75) is 91.4 Å². The SMILES string of the molecule is C=CS(=O)(=O)C=C.CC(C)CC(NC(=O)C(CC(C)C)NC(=O)C(CC(C)C)NC(=O)C(N)Cc1ccc(O)cc1)C(=O)O. The van der Waals surface area contributed by atoms with Crippen molar-refractivity contribution in [3.63, 3.8) is 0 Å². The number of carbonyl (C=O) groups excluding carboxylic acids is 3. The Bertz CT molecular complexity index is 1200. The number of phenolic OH excluding ortho intramolecular Hbond substituents is 1. The maximum atomic E-state index is 13.2. The summed E-state index contributed by atoms with van der Waals surface area (Å²) in [6, 6.07) is 2.47. The van der Waals surface area contributed by atoms with Crippen LogP contribution in [-0.4, -0.2) is 66.5 Å². The van der Waals surface area contributed by atoms with Crippen LogP contribution in [0.4, 0.5) is 0 Å². The molecule has 0 aliphatic heterocycles. The molecule has 4 unspecified atom stereocenters. The van der Waals surface area contributed by atoms with Gasteiger partial charge in [0.05, 0.1) is 6.04 Å². The molecule has 0 aromatic heterocycles. The van der Waals surface area contributed by atoms with Crippen LogP contribution in [0.2, 0.25) is 0 Å². The predicted octanol–water partition coefficient (Wildman–Crippen LogP) is 2.63. The van der Waals surface area contributed by atoms with Crippen LogP contribution in [0.5, 0.6) is 5.75 Å². The van der Waals surface area contributed by atoms with Gasteiger partial charge in [-0.3, -0.25) is 14.4 Å². The minimum Gasteiger partial charge on any atom is -0.508 e. The van der Waals surface area contributed by atoms with Crippen molar-refractivity contribution in [3.8, 4) is 5.75 Å². The zero-order chi connectivity index (χ0) is 34.2. The van der Waals surface area contributed by atoms with E-state index in [1.165, 1.54) is 12.1 Å². The van der Waals surface area contributed by atoms with Crippen LogP contribution in [0.1, 0.15) is 66.4 Å². The quantitative estimate of drug-likeness (QED) is 0.148. The third kappa shape index (κ3) is 16.8. The van der Waals surface area contributed by atoms with Crippen molar-refractivity contribution >= 4 is 33.5 Å². The summed E-state index contributed by atoms with van der Waals surface area (Å²) >= 11 is 0. The van der Waals surface area contributed by atoms with Crippen LogP contribution >= 0.6 is 0 Å². The first-order chi connectivity index (χ1) is 20.3. The van der Waals surface area contributed by atoms with E-state index in [0.717, 1.165) is 16.4 Å². The largest absolute Gasteiger partial charge is 0.508 e. The Hall–Kier alpha value is -3.71. The first-order valence-corrected chi connectivity index (χ1v) is 16.1. The van der Waals surface area contributed by atoms with Crippen LogP contribution in [0.15, 0.2) is 48.2 Å². The van der Waals surface area contributed by atoms with Gasteiger partial charge in [0.2, 0.25) is 17.7 Å². The summed E-state index contributed by atoms with van der Waals surface area (Å²) in [5.74, 6) is -2.49. The number of benzene rings is 1. The molecular formula is C31H50N4O8S. The Kier molecular flexibility index (Phi) is 17.9. The lowest BCUT2D eigenvalue weighted by Crippen LogP contribution is -2.57. The molecule has 1 rings (SSSR count). The molecular weight excluding hydrogens is 588 g/mol. The summed E-state index contributed by atoms with van der Waals surface area (Å²) in [5.41, 5.74) is 6.84. The lowest BCUT2D eigenvalue weighted by atomic mass is 9.98. The normalized spacial score (nSPS) is 14.0. The van der Waals surface area contributed by atoms with Gasteiger partial charge in [0.15, 0.2) is 9.84 Å². The molecule has 0 saturated heterocycles. The van der Waals surface area contributed by atoms with Crippen LogP contribution in [-0.2, 0) is 35.4 Å². The third-order valence-electron chi connectivity index (χ3n) is 6.20. The number of nitrogens with two attached hydrogens (primary N) is 1. The first-order valence-electron chi connectivity index (χ1n) is 14.5. The van der Waals surface area contributed by atoms with E-state index in [9.17, 15) is 37.8 Å². The molecule has 0 fully saturated rings. The average Bonchev–Trinajstić information content (AvgIpc) is 2.92. The molecule has 3 amide bonds. The van der Waals surface area contributed by atoms with Gasteiger partial charge in [-0.05, 0) is 61.1 Å². The maximum Gasteiger partial charge on any atom is 0.326 e. The summed E-state index contributed by atoms with van der Waals surface area (Å²) in [6.45, 7) is 17.4. The number of amides is 3. The minimum absolute atomic E-state index is 0.0429. The van der Waals surface area contributed by atoms with E-state index < -0.39 is 57.7 Å². The summed E-state index contributed by atoms with van der Waals surface area (Å²) in [6.07, 6.45) is 1.10. The number of phenols is 1. The third-order valence-corrected chi connectivity index (χ3v) is 7.12. The van der Waals surface area contributed by atoms with Gasteiger partial charge >= 0.3 is 5.97 Å². The van der Waals surface area contributed by atoms with Gasteiger partial charge in [-0.25, -0.2) is 13.2 Å². The highest BCUT2D eigenvalue weighted by Gasteiger charge is 2.31. The van der Waals surface area contributed by atoms with Crippen LogP contribution in [0.3, 0.4) is 0 Å². The van der Waals surface area contributed by atoms with Crippen molar-refractivity contribution in [2.75, 3.05) is 0 Å². The number of aliphatic carboxylic acids is 1. The number of aromatic hydroxyl groups is 1. The Morgan fingerprint density at radius 3 is 1.45 bits per heavy atom. The lowest BCUT2D eigenvalue weighted by Gasteiger charge is -2.27. The number of carbonyl (C=O) groups is 4. The molecule has 44 heavy (non-hydrogen) atoms. The first kappa shape index (κ1) is 40.3. The van der Waals surface area contributed by atoms with E-state index in [2.05, 4.69) is 29.1 Å². The summed E-state index contributed by atoms with van der Waals surface area (Å²) < 4.78 is 20.3. The molecule has 248 valence electrons. The molecule has 0 heterocycles. The Labute approximate surface area is 261 Å². The highest BCUT2D eigenvalue weighted by atomic mass is 32.2. The highest BCUT2D eigenvalue weighted by molar-refractivity contribution is 7.97. The summed E-state index contributed by atoms with van der Waals surface area (Å²) in [5, 5.41) is 28.6. The van der Waals surface area contributed by atoms with Crippen molar-refractivity contribution in [1.29, 1.82) is 0 Å². The molecule has 13 heteroatoms. The van der Waals surface area contributed by atoms with Crippen molar-refractivity contribution in [2.24, 2.45) is 23.5 Å². The van der Waals surface area contributed by atoms with E-state index in [1.54, 1.807) is 12.1 Å². The van der Waals surface area contributed by atoms with E-state index >= 15 is 0 Å². The van der Waals surface area contributed by atoms with Crippen molar-refractivity contribution < 1.29 is 37.8 Å². The van der Waals surface area contributed by atoms with Crippen LogP contribution in [0, 0.1) is 17.8 Å². The number of hydrogen-bond donors (Lipinski definition) is 6. The topological polar surface area (TPSA) is 205 Å². The fraction of sp³-hybridized carbons (Fsp3) is 0.548. The van der Waals surface area contributed by atoms with Crippen molar-refractivity contribution in [1.82, 2.24) is 16.0 Å². The zero-order valence-electron chi connectivity index (χ0n) is 26.6. The molecule has 0 radical (unpaired) electrons. The molecule has 12 nitrogen and oxygen atoms in total. The van der Waals surface area contributed by atoms with Gasteiger partial charge < -0.3 is 31.9 Å². The highest BCUT2D eigenvalue weighted by Crippen LogP contribution is 2.13. The molecule has 0 aliphatic carbocycles. The molecule has 4 atom stereocenters. The predicted molar refractivity (Wildman–Crippen MR) is 171 cm³/mol. The minimum atomic E-state index is -3.13. The number of hydrogen-bond acceptors (Lipinski definition) is 8. The fourth-order valence-corrected chi connectivity index (χ4v) is 4.10. The van der Waals surface area contributed by atoms with E-state index in [4.69, 9.17) is 5.73 Å². The molecule has 1 aromatic rings. The summed E-state index contributed by atoms with van der Waals surface area (Å²) in [4.78, 5) is 50.7. The molecule has 0 saturated carbocycles. The number of carboxylic acids is 1. The second-order valence-corrected chi connectivity index (χ2v) is 13.7. The van der Waals surface area contributed by atoms with E-state index in [-0.39, 0.29) is 36.3 Å². The lowest BCUT2D eigenvalue weighted by molar-refractivity contribution is -0.143. The van der Waals surface area contributed by atoms with Gasteiger partial charge in [-0.2, -0.15) is 0 Å². The van der Waals surface area contributed by atoms with Crippen LogP contribution < -0.4 is 21.7 Å². The van der Waals surface area contributed by atoms with Gasteiger partial charge in [-0.15, -0.1) is 0 Å². The zero-order valence-corrected chi connectivity index (χ0v) is 27.4. The standard InChI is InChI=1S/C27H44N4O6.C4H6O2S/c1-15(2)11-21(29-24(33)20(28)14-18-7-9-19(32)10-8-18)25(34)30-22(12-16(3)4)26(35)31-23(27(36)37)13-17(5)6;1-3-7(5,6)4-2/h7-10,15-17,20-23,32H,11-14,28H2,1-6H3,(H,29,33)(H,30,34)(H,31,35)(H,36,37);3-4H,1-2H2. The molecule has 7 N–H and O–H groups in total. The van der Waals surface area contributed by atoms with Gasteiger partial charge in [0, 0.05) is 10.8 Å². The Morgan fingerprint density at radius 2 is 1.11 bits per heavy atom. The molecule has 0 spiro atoms. The fourth-order valence-electron chi connectivity index (χ4n) is 3.97. The number of sulfone groups is 1. The van der Waals surface area contributed by atoms with E-state index in [0.29, 0.717) is 12.8 Å². The summed E-state index contributed by atoms with van der Waals surface area (Å²) in [7, 11) is -3.13. The van der Waals surface area contributed by atoms with Gasteiger partial charge in [-0.1, -0.05) is 66.8 Å². The number of rotatable bonds is 17. The molecule has 1 aromatic carbocycles. The monoisotopic (exact) mass is 638 g/mol. The molecule has 0 aliphatic rings. The van der Waals surface area contributed by atoms with Crippen LogP contribution in [0.25, 0.3) is 0 Å². The second kappa shape index (κ2) is 19.5. The molecule has 0 bridgehead atoms. The van der Waals surface area contributed by atoms with E-state index in [1.807, 2.05) is 41.5 Å². The van der Waals surface area contributed by atoms with Gasteiger partial charge in [0.1, 0.15) is 23.9 Å². The maximum absolute atomic E-state index is 13.2.